The molecule has 2 aliphatic rings. The van der Waals surface area contributed by atoms with Gasteiger partial charge in [0.15, 0.2) is 11.5 Å². The Labute approximate surface area is 183 Å². The van der Waals surface area contributed by atoms with Crippen LogP contribution in [0.2, 0.25) is 0 Å². The molecule has 0 radical (unpaired) electrons. The van der Waals surface area contributed by atoms with Crippen LogP contribution in [0.3, 0.4) is 0 Å². The summed E-state index contributed by atoms with van der Waals surface area (Å²) >= 11 is 0. The van der Waals surface area contributed by atoms with E-state index in [-0.39, 0.29) is 11.3 Å². The number of carbonyl (C=O) groups is 1. The van der Waals surface area contributed by atoms with Crippen LogP contribution in [0.15, 0.2) is 36.4 Å². The van der Waals surface area contributed by atoms with E-state index in [0.29, 0.717) is 30.2 Å². The minimum atomic E-state index is -0.668. The zero-order valence-corrected chi connectivity index (χ0v) is 19.0. The molecule has 6 heteroatoms. The molecule has 4 rings (SSSR count). The number of methoxy groups -OCH3 is 3. The molecule has 0 unspecified atom stereocenters. The second-order valence-corrected chi connectivity index (χ2v) is 8.65. The molecule has 2 aromatic rings. The lowest BCUT2D eigenvalue weighted by atomic mass is 9.74. The number of anilines is 1. The molecule has 2 aliphatic heterocycles. The van der Waals surface area contributed by atoms with E-state index in [1.54, 1.807) is 21.3 Å². The Morgan fingerprint density at radius 1 is 1.03 bits per heavy atom. The second-order valence-electron chi connectivity index (χ2n) is 8.65. The quantitative estimate of drug-likeness (QED) is 0.788. The van der Waals surface area contributed by atoms with Gasteiger partial charge in [-0.2, -0.15) is 0 Å². The predicted octanol–water partition coefficient (Wildman–Crippen LogP) is 4.05. The monoisotopic (exact) mass is 422 g/mol. The average Bonchev–Trinajstić information content (AvgIpc) is 2.94. The standard InChI is InChI=1S/C25H30N2O4/c1-16-7-8-19-18(13-16)24(2,3)25(26-22(28)10-12-27(19)25)11-9-17-14-20(29-4)23(31-6)21(15-17)30-5/h7-9,11,13-15H,10,12H2,1-6H3,(H,26,28)/t25-/m0/s1. The molecule has 31 heavy (non-hydrogen) atoms. The summed E-state index contributed by atoms with van der Waals surface area (Å²) in [7, 11) is 4.79. The molecule has 1 fully saturated rings. The fraction of sp³-hybridized carbons (Fsp3) is 0.400. The van der Waals surface area contributed by atoms with E-state index < -0.39 is 5.66 Å². The molecule has 1 atom stereocenters. The Kier molecular flexibility index (Phi) is 5.12. The number of nitrogens with one attached hydrogen (secondary N) is 1. The molecule has 0 bridgehead atoms. The van der Waals surface area contributed by atoms with Crippen LogP contribution in [0, 0.1) is 6.92 Å². The maximum absolute atomic E-state index is 12.6. The summed E-state index contributed by atoms with van der Waals surface area (Å²) in [4.78, 5) is 14.9. The fourth-order valence-corrected chi connectivity index (χ4v) is 4.88. The van der Waals surface area contributed by atoms with Crippen LogP contribution in [0.5, 0.6) is 17.2 Å². The van der Waals surface area contributed by atoms with Gasteiger partial charge in [-0.1, -0.05) is 37.6 Å². The zero-order chi connectivity index (χ0) is 22.4. The Bertz CT molecular complexity index is 1030. The maximum atomic E-state index is 12.6. The van der Waals surface area contributed by atoms with Crippen molar-refractivity contribution < 1.29 is 19.0 Å². The normalized spacial score (nSPS) is 21.5. The smallest absolute Gasteiger partial charge is 0.223 e. The first-order valence-corrected chi connectivity index (χ1v) is 10.5. The van der Waals surface area contributed by atoms with Crippen LogP contribution in [0.25, 0.3) is 6.08 Å². The molecule has 1 N–H and O–H groups in total. The zero-order valence-electron chi connectivity index (χ0n) is 19.0. The Balaban J connectivity index is 1.84. The number of fused-ring (bicyclic) bond motifs is 3. The highest BCUT2D eigenvalue weighted by Gasteiger charge is 2.57. The Morgan fingerprint density at radius 3 is 2.32 bits per heavy atom. The molecule has 0 aromatic heterocycles. The molecular weight excluding hydrogens is 392 g/mol. The second kappa shape index (κ2) is 7.52. The first-order chi connectivity index (χ1) is 14.8. The number of hydrogen-bond donors (Lipinski definition) is 1. The van der Waals surface area contributed by atoms with Crippen molar-refractivity contribution >= 4 is 17.7 Å². The van der Waals surface area contributed by atoms with Crippen molar-refractivity contribution in [3.63, 3.8) is 0 Å². The summed E-state index contributed by atoms with van der Waals surface area (Å²) in [6, 6.07) is 10.3. The van der Waals surface area contributed by atoms with E-state index in [0.717, 1.165) is 5.56 Å². The van der Waals surface area contributed by atoms with E-state index in [9.17, 15) is 4.79 Å². The summed E-state index contributed by atoms with van der Waals surface area (Å²) in [5, 5.41) is 3.31. The van der Waals surface area contributed by atoms with Gasteiger partial charge in [0.05, 0.1) is 21.3 Å². The van der Waals surface area contributed by atoms with E-state index in [1.807, 2.05) is 18.2 Å². The first-order valence-electron chi connectivity index (χ1n) is 10.5. The van der Waals surface area contributed by atoms with E-state index in [1.165, 1.54) is 16.8 Å². The SMILES string of the molecule is COc1cc(C=C[C@]23NC(=O)CCN2c2ccc(C)cc2C3(C)C)cc(OC)c1OC. The number of nitrogens with zero attached hydrogens (tertiary/aromatic N) is 1. The van der Waals surface area contributed by atoms with Crippen molar-refractivity contribution in [1.82, 2.24) is 5.32 Å². The highest BCUT2D eigenvalue weighted by molar-refractivity contribution is 5.85. The van der Waals surface area contributed by atoms with Gasteiger partial charge >= 0.3 is 0 Å². The summed E-state index contributed by atoms with van der Waals surface area (Å²) < 4.78 is 16.4. The number of aryl methyl sites for hydroxylation is 1. The first kappa shape index (κ1) is 21.1. The lowest BCUT2D eigenvalue weighted by molar-refractivity contribution is -0.124. The molecule has 2 heterocycles. The number of amides is 1. The Morgan fingerprint density at radius 2 is 1.71 bits per heavy atom. The van der Waals surface area contributed by atoms with Crippen molar-refractivity contribution in [2.24, 2.45) is 0 Å². The highest BCUT2D eigenvalue weighted by Crippen LogP contribution is 2.52. The number of hydrogen-bond acceptors (Lipinski definition) is 5. The summed E-state index contributed by atoms with van der Waals surface area (Å²) in [5.74, 6) is 1.79. The van der Waals surface area contributed by atoms with E-state index >= 15 is 0 Å². The molecule has 6 nitrogen and oxygen atoms in total. The number of carbonyl (C=O) groups excluding carboxylic acids is 1. The molecular formula is C25H30N2O4. The van der Waals surface area contributed by atoms with Crippen molar-refractivity contribution in [3.05, 3.63) is 53.1 Å². The van der Waals surface area contributed by atoms with Crippen molar-refractivity contribution in [3.8, 4) is 17.2 Å². The van der Waals surface area contributed by atoms with Crippen LogP contribution in [0.1, 0.15) is 37.0 Å². The molecule has 164 valence electrons. The van der Waals surface area contributed by atoms with Gasteiger partial charge in [-0.05, 0) is 42.3 Å². The van der Waals surface area contributed by atoms with Crippen LogP contribution in [-0.2, 0) is 10.2 Å². The molecule has 0 saturated carbocycles. The lowest BCUT2D eigenvalue weighted by Crippen LogP contribution is -2.68. The third-order valence-corrected chi connectivity index (χ3v) is 6.59. The maximum Gasteiger partial charge on any atom is 0.223 e. The van der Waals surface area contributed by atoms with Gasteiger partial charge < -0.3 is 24.4 Å². The lowest BCUT2D eigenvalue weighted by Gasteiger charge is -2.49. The van der Waals surface area contributed by atoms with E-state index in [2.05, 4.69) is 55.3 Å². The number of benzene rings is 2. The minimum Gasteiger partial charge on any atom is -0.493 e. The molecule has 1 amide bonds. The fourth-order valence-electron chi connectivity index (χ4n) is 4.88. The van der Waals surface area contributed by atoms with Crippen LogP contribution >= 0.6 is 0 Å². The van der Waals surface area contributed by atoms with Crippen molar-refractivity contribution in [2.75, 3.05) is 32.8 Å². The van der Waals surface area contributed by atoms with E-state index in [4.69, 9.17) is 14.2 Å². The average molecular weight is 423 g/mol. The summed E-state index contributed by atoms with van der Waals surface area (Å²) in [6.07, 6.45) is 4.59. The molecule has 0 aliphatic carbocycles. The predicted molar refractivity (Wildman–Crippen MR) is 122 cm³/mol. The van der Waals surface area contributed by atoms with Gasteiger partial charge in [-0.25, -0.2) is 0 Å². The van der Waals surface area contributed by atoms with Crippen molar-refractivity contribution in [1.29, 1.82) is 0 Å². The highest BCUT2D eigenvalue weighted by atomic mass is 16.5. The van der Waals surface area contributed by atoms with Crippen LogP contribution in [0.4, 0.5) is 5.69 Å². The summed E-state index contributed by atoms with van der Waals surface area (Å²) in [6.45, 7) is 7.16. The van der Waals surface area contributed by atoms with Gasteiger partial charge in [0.25, 0.3) is 0 Å². The topological polar surface area (TPSA) is 60.0 Å². The summed E-state index contributed by atoms with van der Waals surface area (Å²) in [5.41, 5.74) is 3.52. The van der Waals surface area contributed by atoms with Crippen LogP contribution in [-0.4, -0.2) is 39.4 Å². The third kappa shape index (κ3) is 3.12. The minimum absolute atomic E-state index is 0.0587. The largest absolute Gasteiger partial charge is 0.493 e. The van der Waals surface area contributed by atoms with Gasteiger partial charge in [0.2, 0.25) is 11.7 Å². The molecule has 2 aromatic carbocycles. The number of ether oxygens (including phenoxy) is 3. The molecule has 1 saturated heterocycles. The number of rotatable bonds is 5. The van der Waals surface area contributed by atoms with Gasteiger partial charge in [0.1, 0.15) is 5.66 Å². The Hall–Kier alpha value is -3.15. The van der Waals surface area contributed by atoms with Gasteiger partial charge in [-0.3, -0.25) is 4.79 Å². The van der Waals surface area contributed by atoms with Crippen molar-refractivity contribution in [2.45, 2.75) is 38.3 Å². The molecule has 0 spiro atoms. The van der Waals surface area contributed by atoms with Gasteiger partial charge in [-0.15, -0.1) is 0 Å². The third-order valence-electron chi connectivity index (χ3n) is 6.59. The van der Waals surface area contributed by atoms with Crippen LogP contribution < -0.4 is 24.4 Å². The van der Waals surface area contributed by atoms with Gasteiger partial charge in [0, 0.05) is 24.1 Å².